The van der Waals surface area contributed by atoms with Crippen molar-refractivity contribution in [1.29, 1.82) is 5.26 Å². The van der Waals surface area contributed by atoms with E-state index < -0.39 is 10.0 Å². The van der Waals surface area contributed by atoms with Gasteiger partial charge in [0.25, 0.3) is 10.0 Å². The molecule has 0 aliphatic carbocycles. The van der Waals surface area contributed by atoms with Crippen LogP contribution in [0.25, 0.3) is 0 Å². The molecule has 0 bridgehead atoms. The zero-order valence-corrected chi connectivity index (χ0v) is 7.67. The lowest BCUT2D eigenvalue weighted by Gasteiger charge is -2.01. The van der Waals surface area contributed by atoms with Gasteiger partial charge in [-0.15, -0.1) is 0 Å². The number of primary sulfonamides is 1. The maximum Gasteiger partial charge on any atom is 0.256 e. The van der Waals surface area contributed by atoms with E-state index in [0.717, 1.165) is 0 Å². The van der Waals surface area contributed by atoms with Gasteiger partial charge in [-0.3, -0.25) is 0 Å². The van der Waals surface area contributed by atoms with Crippen LogP contribution >= 0.6 is 0 Å². The number of aromatic nitrogens is 1. The van der Waals surface area contributed by atoms with Gasteiger partial charge in [0, 0.05) is 6.20 Å². The average Bonchev–Trinajstić information content (AvgIpc) is 2.02. The minimum absolute atomic E-state index is 0.00463. The van der Waals surface area contributed by atoms with E-state index in [1.165, 1.54) is 6.20 Å². The molecule has 6 heteroatoms. The molecule has 0 aliphatic heterocycles. The molecular weight excluding hydrogens is 190 g/mol. The summed E-state index contributed by atoms with van der Waals surface area (Å²) in [5.41, 5.74) is 0.548. The van der Waals surface area contributed by atoms with E-state index >= 15 is 0 Å². The first-order valence-electron chi connectivity index (χ1n) is 3.35. The van der Waals surface area contributed by atoms with Gasteiger partial charge in [-0.1, -0.05) is 0 Å². The van der Waals surface area contributed by atoms with Crippen molar-refractivity contribution in [2.24, 2.45) is 5.14 Å². The zero-order chi connectivity index (χ0) is 10.1. The molecule has 0 unspecified atom stereocenters. The molecule has 5 nitrogen and oxygen atoms in total. The fourth-order valence-electron chi connectivity index (χ4n) is 0.885. The van der Waals surface area contributed by atoms with E-state index in [1.54, 1.807) is 19.1 Å². The third-order valence-electron chi connectivity index (χ3n) is 1.51. The molecule has 0 aromatic carbocycles. The van der Waals surface area contributed by atoms with Crippen LogP contribution in [-0.4, -0.2) is 13.4 Å². The molecule has 2 N–H and O–H groups in total. The van der Waals surface area contributed by atoms with Crippen LogP contribution in [0, 0.1) is 18.3 Å². The highest BCUT2D eigenvalue weighted by Gasteiger charge is 2.16. The number of hydrogen-bond acceptors (Lipinski definition) is 4. The van der Waals surface area contributed by atoms with E-state index in [9.17, 15) is 8.42 Å². The second kappa shape index (κ2) is 3.12. The van der Waals surface area contributed by atoms with Crippen molar-refractivity contribution >= 4 is 10.0 Å². The van der Waals surface area contributed by atoms with Crippen LogP contribution < -0.4 is 5.14 Å². The third kappa shape index (κ3) is 1.83. The summed E-state index contributed by atoms with van der Waals surface area (Å²) in [6.45, 7) is 1.62. The van der Waals surface area contributed by atoms with Gasteiger partial charge in [0.15, 0.2) is 5.03 Å². The Labute approximate surface area is 75.9 Å². The molecule has 1 rings (SSSR count). The van der Waals surface area contributed by atoms with Crippen molar-refractivity contribution in [3.8, 4) is 6.07 Å². The Hall–Kier alpha value is -1.45. The number of rotatable bonds is 1. The summed E-state index contributed by atoms with van der Waals surface area (Å²) in [6, 6.07) is 3.30. The number of aryl methyl sites for hydroxylation is 1. The summed E-state index contributed by atoms with van der Waals surface area (Å²) in [7, 11) is -3.90. The molecule has 68 valence electrons. The number of nitrogens with zero attached hydrogens (tertiary/aromatic N) is 2. The molecule has 0 amide bonds. The molecule has 13 heavy (non-hydrogen) atoms. The molecule has 1 aromatic rings. The lowest BCUT2D eigenvalue weighted by atomic mass is 10.2. The van der Waals surface area contributed by atoms with Crippen LogP contribution in [0.15, 0.2) is 17.3 Å². The highest BCUT2D eigenvalue weighted by molar-refractivity contribution is 7.89. The molecule has 0 aliphatic rings. The lowest BCUT2D eigenvalue weighted by Crippen LogP contribution is -2.16. The zero-order valence-electron chi connectivity index (χ0n) is 6.85. The molecule has 0 fully saturated rings. The van der Waals surface area contributed by atoms with Gasteiger partial charge >= 0.3 is 0 Å². The highest BCUT2D eigenvalue weighted by Crippen LogP contribution is 2.13. The van der Waals surface area contributed by atoms with Gasteiger partial charge in [-0.25, -0.2) is 18.5 Å². The van der Waals surface area contributed by atoms with Gasteiger partial charge < -0.3 is 0 Å². The van der Waals surface area contributed by atoms with E-state index in [1.807, 2.05) is 0 Å². The lowest BCUT2D eigenvalue weighted by molar-refractivity contribution is 0.593. The standard InChI is InChI=1S/C7H7N3O2S/c1-5-2-3-10-7(6(5)4-8)13(9,11)12/h2-3H,1H3,(H2,9,11,12). The number of pyridine rings is 1. The molecule has 1 aromatic heterocycles. The Bertz CT molecular complexity index is 473. The first-order valence-corrected chi connectivity index (χ1v) is 4.90. The average molecular weight is 197 g/mol. The minimum atomic E-state index is -3.90. The van der Waals surface area contributed by atoms with Gasteiger partial charge in [0.2, 0.25) is 0 Å². The monoisotopic (exact) mass is 197 g/mol. The SMILES string of the molecule is Cc1ccnc(S(N)(=O)=O)c1C#N. The maximum absolute atomic E-state index is 10.9. The summed E-state index contributed by atoms with van der Waals surface area (Å²) >= 11 is 0. The number of nitrogens with two attached hydrogens (primary N) is 1. The quantitative estimate of drug-likeness (QED) is 0.680. The van der Waals surface area contributed by atoms with E-state index in [2.05, 4.69) is 4.98 Å². The van der Waals surface area contributed by atoms with E-state index in [4.69, 9.17) is 10.4 Å². The van der Waals surface area contributed by atoms with Crippen LogP contribution in [0.1, 0.15) is 11.1 Å². The Morgan fingerprint density at radius 3 is 2.62 bits per heavy atom. The normalized spacial score (nSPS) is 10.8. The fraction of sp³-hybridized carbons (Fsp3) is 0.143. The molecular formula is C7H7N3O2S. The molecule has 0 atom stereocenters. The van der Waals surface area contributed by atoms with Gasteiger partial charge in [-0.05, 0) is 18.6 Å². The van der Waals surface area contributed by atoms with Gasteiger partial charge in [-0.2, -0.15) is 5.26 Å². The predicted molar refractivity (Wildman–Crippen MR) is 45.1 cm³/mol. The van der Waals surface area contributed by atoms with Crippen LogP contribution in [0.3, 0.4) is 0 Å². The van der Waals surface area contributed by atoms with Gasteiger partial charge in [0.05, 0.1) is 5.56 Å². The van der Waals surface area contributed by atoms with Gasteiger partial charge in [0.1, 0.15) is 6.07 Å². The van der Waals surface area contributed by atoms with Crippen molar-refractivity contribution < 1.29 is 8.42 Å². The van der Waals surface area contributed by atoms with Crippen molar-refractivity contribution in [3.63, 3.8) is 0 Å². The molecule has 0 saturated heterocycles. The first kappa shape index (κ1) is 9.64. The van der Waals surface area contributed by atoms with Crippen molar-refractivity contribution in [2.45, 2.75) is 11.9 Å². The molecule has 0 spiro atoms. The van der Waals surface area contributed by atoms with Crippen molar-refractivity contribution in [2.75, 3.05) is 0 Å². The Kier molecular flexibility index (Phi) is 2.32. The summed E-state index contributed by atoms with van der Waals surface area (Å²) in [5.74, 6) is 0. The topological polar surface area (TPSA) is 96.8 Å². The minimum Gasteiger partial charge on any atom is -0.242 e. The number of hydrogen-bond donors (Lipinski definition) is 1. The summed E-state index contributed by atoms with van der Waals surface area (Å²) < 4.78 is 21.9. The van der Waals surface area contributed by atoms with Crippen molar-refractivity contribution in [1.82, 2.24) is 4.98 Å². The Balaban J connectivity index is 3.59. The summed E-state index contributed by atoms with van der Waals surface area (Å²) in [6.07, 6.45) is 1.30. The fourth-order valence-corrected chi connectivity index (χ4v) is 1.58. The first-order chi connectivity index (χ1) is 5.96. The van der Waals surface area contributed by atoms with E-state index in [-0.39, 0.29) is 10.6 Å². The number of nitriles is 1. The van der Waals surface area contributed by atoms with Crippen molar-refractivity contribution in [3.05, 3.63) is 23.4 Å². The second-order valence-electron chi connectivity index (χ2n) is 2.46. The Morgan fingerprint density at radius 1 is 1.62 bits per heavy atom. The maximum atomic E-state index is 10.9. The van der Waals surface area contributed by atoms with Crippen LogP contribution in [0.2, 0.25) is 0 Å². The Morgan fingerprint density at radius 2 is 2.23 bits per heavy atom. The summed E-state index contributed by atoms with van der Waals surface area (Å²) in [4.78, 5) is 3.55. The second-order valence-corrected chi connectivity index (χ2v) is 3.94. The third-order valence-corrected chi connectivity index (χ3v) is 2.35. The number of sulfonamides is 1. The highest BCUT2D eigenvalue weighted by atomic mass is 32.2. The van der Waals surface area contributed by atoms with E-state index in [0.29, 0.717) is 5.56 Å². The molecule has 1 heterocycles. The molecule has 0 saturated carbocycles. The predicted octanol–water partition coefficient (Wildman–Crippen LogP) is -0.0909. The molecule has 0 radical (unpaired) electrons. The smallest absolute Gasteiger partial charge is 0.242 e. The van der Waals surface area contributed by atoms with Crippen LogP contribution in [0.5, 0.6) is 0 Å². The summed E-state index contributed by atoms with van der Waals surface area (Å²) in [5, 5.41) is 13.1. The van der Waals surface area contributed by atoms with Crippen LogP contribution in [0.4, 0.5) is 0 Å². The largest absolute Gasteiger partial charge is 0.256 e. The van der Waals surface area contributed by atoms with Crippen LogP contribution in [-0.2, 0) is 10.0 Å².